The molecular weight excluding hydrogens is 260 g/mol. The lowest BCUT2D eigenvalue weighted by Gasteiger charge is -2.15. The molecule has 0 saturated heterocycles. The van der Waals surface area contributed by atoms with E-state index in [2.05, 4.69) is 39.8 Å². The highest BCUT2D eigenvalue weighted by molar-refractivity contribution is 7.18. The predicted octanol–water partition coefficient (Wildman–Crippen LogP) is 1.78. The Balaban J connectivity index is 1.92. The molecule has 0 unspecified atom stereocenters. The van der Waals surface area contributed by atoms with Gasteiger partial charge >= 0.3 is 5.69 Å². The molecule has 3 aromatic rings. The molecule has 1 aliphatic carbocycles. The minimum Gasteiger partial charge on any atom is -0.244 e. The number of fused-ring (bicyclic) bond motifs is 3. The Hall–Kier alpha value is -2.21. The van der Waals surface area contributed by atoms with Crippen LogP contribution in [0.25, 0.3) is 15.4 Å². The number of aromatic nitrogens is 4. The first-order valence-electron chi connectivity index (χ1n) is 6.05. The molecule has 0 bridgehead atoms. The van der Waals surface area contributed by atoms with Gasteiger partial charge in [0.2, 0.25) is 0 Å². The van der Waals surface area contributed by atoms with E-state index in [1.807, 2.05) is 6.07 Å². The van der Waals surface area contributed by atoms with Gasteiger partial charge in [-0.2, -0.15) is 4.68 Å². The molecule has 0 fully saturated rings. The molecule has 1 N–H and O–H groups in total. The maximum absolute atomic E-state index is 11.6. The standard InChI is InChI=1S/C13H10N4OS/c18-13-14-15-16-17(13)11-7-9-6-5-8-3-1-2-4-10(8)12(9)19-11/h1-4,7H,5-6H2,(H,14,16,18). The summed E-state index contributed by atoms with van der Waals surface area (Å²) in [4.78, 5) is 12.8. The second kappa shape index (κ2) is 3.89. The van der Waals surface area contributed by atoms with E-state index < -0.39 is 0 Å². The molecule has 4 rings (SSSR count). The minimum atomic E-state index is -0.299. The Bertz CT molecular complexity index is 814. The van der Waals surface area contributed by atoms with E-state index in [0.717, 1.165) is 17.8 Å². The summed E-state index contributed by atoms with van der Waals surface area (Å²) in [5.74, 6) is 0. The third kappa shape index (κ3) is 1.57. The SMILES string of the molecule is O=c1[nH]nnn1-c1cc2c(s1)-c1ccccc1CC2. The van der Waals surface area contributed by atoms with Crippen molar-refractivity contribution in [1.29, 1.82) is 0 Å². The van der Waals surface area contributed by atoms with E-state index in [9.17, 15) is 4.79 Å². The number of thiophene rings is 1. The van der Waals surface area contributed by atoms with Gasteiger partial charge in [-0.3, -0.25) is 0 Å². The molecule has 19 heavy (non-hydrogen) atoms. The van der Waals surface area contributed by atoms with Crippen LogP contribution in [0.1, 0.15) is 11.1 Å². The largest absolute Gasteiger partial charge is 0.366 e. The van der Waals surface area contributed by atoms with Crippen LogP contribution in [0, 0.1) is 0 Å². The number of aromatic amines is 1. The third-order valence-electron chi connectivity index (χ3n) is 3.40. The van der Waals surface area contributed by atoms with Crippen molar-refractivity contribution in [2.45, 2.75) is 12.8 Å². The van der Waals surface area contributed by atoms with Gasteiger partial charge in [-0.1, -0.05) is 24.3 Å². The number of rotatable bonds is 1. The number of H-pyrrole nitrogens is 1. The van der Waals surface area contributed by atoms with Gasteiger partial charge in [0.05, 0.1) is 0 Å². The van der Waals surface area contributed by atoms with Crippen LogP contribution in [-0.4, -0.2) is 20.2 Å². The Morgan fingerprint density at radius 2 is 2.05 bits per heavy atom. The summed E-state index contributed by atoms with van der Waals surface area (Å²) in [6.45, 7) is 0. The second-order valence-corrected chi connectivity index (χ2v) is 5.54. The Morgan fingerprint density at radius 1 is 1.21 bits per heavy atom. The van der Waals surface area contributed by atoms with E-state index in [1.165, 1.54) is 26.2 Å². The molecule has 2 aromatic heterocycles. The van der Waals surface area contributed by atoms with Crippen molar-refractivity contribution >= 4 is 11.3 Å². The number of nitrogens with zero attached hydrogens (tertiary/aromatic N) is 3. The topological polar surface area (TPSA) is 63.6 Å². The maximum Gasteiger partial charge on any atom is 0.366 e. The van der Waals surface area contributed by atoms with Gasteiger partial charge in [0.15, 0.2) is 0 Å². The monoisotopic (exact) mass is 270 g/mol. The van der Waals surface area contributed by atoms with Gasteiger partial charge in [-0.15, -0.1) is 11.3 Å². The van der Waals surface area contributed by atoms with Crippen LogP contribution in [0.5, 0.6) is 0 Å². The molecule has 1 aliphatic rings. The number of hydrogen-bond donors (Lipinski definition) is 1. The summed E-state index contributed by atoms with van der Waals surface area (Å²) in [5, 5.41) is 10.5. The first kappa shape index (κ1) is 10.7. The highest BCUT2D eigenvalue weighted by Crippen LogP contribution is 2.40. The number of hydrogen-bond acceptors (Lipinski definition) is 4. The molecule has 0 saturated carbocycles. The van der Waals surface area contributed by atoms with Crippen molar-refractivity contribution in [3.8, 4) is 15.4 Å². The van der Waals surface area contributed by atoms with Gasteiger partial charge in [0, 0.05) is 4.88 Å². The number of aryl methyl sites for hydroxylation is 2. The Labute approximate surface area is 112 Å². The summed E-state index contributed by atoms with van der Waals surface area (Å²) < 4.78 is 1.31. The lowest BCUT2D eigenvalue weighted by Crippen LogP contribution is -2.14. The van der Waals surface area contributed by atoms with Crippen LogP contribution in [0.2, 0.25) is 0 Å². The van der Waals surface area contributed by atoms with Crippen LogP contribution < -0.4 is 5.69 Å². The van der Waals surface area contributed by atoms with Crippen molar-refractivity contribution in [2.24, 2.45) is 0 Å². The zero-order valence-corrected chi connectivity index (χ0v) is 10.8. The highest BCUT2D eigenvalue weighted by Gasteiger charge is 2.20. The quantitative estimate of drug-likeness (QED) is 0.733. The summed E-state index contributed by atoms with van der Waals surface area (Å²) >= 11 is 1.59. The molecule has 94 valence electrons. The van der Waals surface area contributed by atoms with Gasteiger partial charge < -0.3 is 0 Å². The van der Waals surface area contributed by atoms with Gasteiger partial charge in [0.1, 0.15) is 5.00 Å². The first-order chi connectivity index (χ1) is 9.33. The molecule has 0 aliphatic heterocycles. The molecule has 0 spiro atoms. The van der Waals surface area contributed by atoms with Crippen molar-refractivity contribution in [3.05, 3.63) is 51.9 Å². The van der Waals surface area contributed by atoms with E-state index in [1.54, 1.807) is 11.3 Å². The number of benzene rings is 1. The smallest absolute Gasteiger partial charge is 0.244 e. The number of tetrazole rings is 1. The lowest BCUT2D eigenvalue weighted by molar-refractivity contribution is 0.789. The maximum atomic E-state index is 11.6. The molecule has 0 amide bonds. The van der Waals surface area contributed by atoms with E-state index in [-0.39, 0.29) is 5.69 Å². The Kier molecular flexibility index (Phi) is 2.19. The fourth-order valence-corrected chi connectivity index (χ4v) is 3.72. The van der Waals surface area contributed by atoms with Crippen LogP contribution in [0.15, 0.2) is 35.1 Å². The van der Waals surface area contributed by atoms with Gasteiger partial charge in [-0.05, 0) is 46.0 Å². The normalized spacial score (nSPS) is 13.1. The second-order valence-electron chi connectivity index (χ2n) is 4.51. The van der Waals surface area contributed by atoms with Gasteiger partial charge in [0.25, 0.3) is 0 Å². The third-order valence-corrected chi connectivity index (χ3v) is 4.59. The fraction of sp³-hybridized carbons (Fsp3) is 0.154. The zero-order valence-electron chi connectivity index (χ0n) is 9.96. The summed E-state index contributed by atoms with van der Waals surface area (Å²) in [6.07, 6.45) is 2.06. The zero-order chi connectivity index (χ0) is 12.8. The van der Waals surface area contributed by atoms with Crippen LogP contribution >= 0.6 is 11.3 Å². The molecular formula is C13H10N4OS. The average Bonchev–Trinajstić information content (AvgIpc) is 3.04. The van der Waals surface area contributed by atoms with E-state index >= 15 is 0 Å². The van der Waals surface area contributed by atoms with E-state index in [0.29, 0.717) is 0 Å². The molecule has 0 atom stereocenters. The number of nitrogens with one attached hydrogen (secondary N) is 1. The lowest BCUT2D eigenvalue weighted by atomic mass is 9.92. The fourth-order valence-electron chi connectivity index (χ4n) is 2.50. The average molecular weight is 270 g/mol. The van der Waals surface area contributed by atoms with Crippen molar-refractivity contribution in [2.75, 3.05) is 0 Å². The Morgan fingerprint density at radius 3 is 2.89 bits per heavy atom. The summed E-state index contributed by atoms with van der Waals surface area (Å²) in [7, 11) is 0. The van der Waals surface area contributed by atoms with Crippen molar-refractivity contribution in [3.63, 3.8) is 0 Å². The molecule has 2 heterocycles. The van der Waals surface area contributed by atoms with Crippen molar-refractivity contribution < 1.29 is 0 Å². The highest BCUT2D eigenvalue weighted by atomic mass is 32.1. The van der Waals surface area contributed by atoms with E-state index in [4.69, 9.17) is 0 Å². The van der Waals surface area contributed by atoms with Crippen LogP contribution in [0.3, 0.4) is 0 Å². The summed E-state index contributed by atoms with van der Waals surface area (Å²) in [6, 6.07) is 10.5. The molecule has 6 heteroatoms. The molecule has 0 radical (unpaired) electrons. The molecule has 1 aromatic carbocycles. The predicted molar refractivity (Wildman–Crippen MR) is 72.7 cm³/mol. The van der Waals surface area contributed by atoms with Crippen LogP contribution in [0.4, 0.5) is 0 Å². The summed E-state index contributed by atoms with van der Waals surface area (Å²) in [5.41, 5.74) is 3.63. The van der Waals surface area contributed by atoms with Crippen molar-refractivity contribution in [1.82, 2.24) is 20.2 Å². The first-order valence-corrected chi connectivity index (χ1v) is 6.86. The molecule has 5 nitrogen and oxygen atoms in total. The van der Waals surface area contributed by atoms with Gasteiger partial charge in [-0.25, -0.2) is 9.89 Å². The minimum absolute atomic E-state index is 0.299. The van der Waals surface area contributed by atoms with Crippen LogP contribution in [-0.2, 0) is 12.8 Å².